The highest BCUT2D eigenvalue weighted by atomic mass is 16.5. The van der Waals surface area contributed by atoms with Gasteiger partial charge >= 0.3 is 5.97 Å². The summed E-state index contributed by atoms with van der Waals surface area (Å²) in [5, 5.41) is 11.4. The summed E-state index contributed by atoms with van der Waals surface area (Å²) in [6.07, 6.45) is 0. The first-order valence-electron chi connectivity index (χ1n) is 11.8. The molecule has 192 valence electrons. The summed E-state index contributed by atoms with van der Waals surface area (Å²) in [4.78, 5) is 39.1. The van der Waals surface area contributed by atoms with Crippen molar-refractivity contribution in [2.45, 2.75) is 46.1 Å². The Morgan fingerprint density at radius 2 is 1.83 bits per heavy atom. The lowest BCUT2D eigenvalue weighted by Crippen LogP contribution is -2.32. The number of ether oxygens (including phenoxy) is 3. The molecule has 36 heavy (non-hydrogen) atoms. The quantitative estimate of drug-likeness (QED) is 0.191. The van der Waals surface area contributed by atoms with Gasteiger partial charge in [0.15, 0.2) is 0 Å². The third kappa shape index (κ3) is 5.60. The molecule has 1 heterocycles. The van der Waals surface area contributed by atoms with Crippen LogP contribution in [0.4, 0.5) is 0 Å². The van der Waals surface area contributed by atoms with Crippen LogP contribution in [0.2, 0.25) is 0 Å². The number of aliphatic hydroxyl groups excluding tert-OH is 1. The van der Waals surface area contributed by atoms with Gasteiger partial charge in [0, 0.05) is 31.7 Å². The highest BCUT2D eigenvalue weighted by molar-refractivity contribution is 6.46. The first-order valence-corrected chi connectivity index (χ1v) is 11.8. The minimum Gasteiger partial charge on any atom is -0.507 e. The number of nitrogens with zero attached hydrogens (tertiary/aromatic N) is 1. The maximum Gasteiger partial charge on any atom is 0.308 e. The molecule has 0 saturated carbocycles. The Morgan fingerprint density at radius 3 is 2.44 bits per heavy atom. The normalized spacial score (nSPS) is 17.4. The number of Topliss-reactive ketones (excluding diaryl/α,β-unsaturated/α-hetero) is 1. The van der Waals surface area contributed by atoms with Gasteiger partial charge in [0.1, 0.15) is 17.3 Å². The molecular weight excluding hydrogens is 462 g/mol. The number of carbonyl (C=O) groups is 3. The lowest BCUT2D eigenvalue weighted by molar-refractivity contribution is -0.140. The van der Waals surface area contributed by atoms with E-state index < -0.39 is 23.7 Å². The van der Waals surface area contributed by atoms with Crippen LogP contribution in [0.15, 0.2) is 48.0 Å². The van der Waals surface area contributed by atoms with Crippen molar-refractivity contribution < 1.29 is 33.7 Å². The fraction of sp³-hybridized carbons (Fsp3) is 0.393. The summed E-state index contributed by atoms with van der Waals surface area (Å²) >= 11 is 0. The van der Waals surface area contributed by atoms with Gasteiger partial charge in [-0.25, -0.2) is 0 Å². The van der Waals surface area contributed by atoms with Gasteiger partial charge in [-0.3, -0.25) is 14.4 Å². The standard InChI is InChI=1S/C28H33NO7/c1-7-35-22-12-11-19(16-21(22)28(3,4)5)25(31)23-24(29(13-14-34-6)27(33)26(23)32)18-9-8-10-20(15-18)36-17(2)30/h8-12,15-16,24,31H,7,13-14H2,1-6H3/b25-23+. The van der Waals surface area contributed by atoms with Crippen molar-refractivity contribution in [3.05, 3.63) is 64.7 Å². The summed E-state index contributed by atoms with van der Waals surface area (Å²) in [6, 6.07) is 10.9. The second-order valence-corrected chi connectivity index (χ2v) is 9.55. The Labute approximate surface area is 211 Å². The van der Waals surface area contributed by atoms with Crippen molar-refractivity contribution in [2.24, 2.45) is 0 Å². The number of carbonyl (C=O) groups excluding carboxylic acids is 3. The van der Waals surface area contributed by atoms with Crippen LogP contribution in [0.3, 0.4) is 0 Å². The maximum atomic E-state index is 13.2. The van der Waals surface area contributed by atoms with Gasteiger partial charge in [-0.05, 0) is 48.2 Å². The van der Waals surface area contributed by atoms with Crippen molar-refractivity contribution in [3.8, 4) is 11.5 Å². The van der Waals surface area contributed by atoms with Crippen LogP contribution in [0, 0.1) is 0 Å². The molecule has 0 radical (unpaired) electrons. The van der Waals surface area contributed by atoms with Gasteiger partial charge in [-0.2, -0.15) is 0 Å². The van der Waals surface area contributed by atoms with E-state index in [4.69, 9.17) is 14.2 Å². The largest absolute Gasteiger partial charge is 0.507 e. The first-order chi connectivity index (χ1) is 17.0. The van der Waals surface area contributed by atoms with Crippen LogP contribution >= 0.6 is 0 Å². The van der Waals surface area contributed by atoms with Gasteiger partial charge in [0.25, 0.3) is 11.7 Å². The van der Waals surface area contributed by atoms with Crippen molar-refractivity contribution in [2.75, 3.05) is 26.9 Å². The monoisotopic (exact) mass is 495 g/mol. The number of hydrogen-bond acceptors (Lipinski definition) is 7. The number of benzene rings is 2. The van der Waals surface area contributed by atoms with Gasteiger partial charge in [0.05, 0.1) is 24.8 Å². The minimum absolute atomic E-state index is 0.0416. The van der Waals surface area contributed by atoms with Crippen molar-refractivity contribution >= 4 is 23.4 Å². The molecule has 1 atom stereocenters. The molecule has 0 bridgehead atoms. The minimum atomic E-state index is -0.889. The number of rotatable bonds is 8. The van der Waals surface area contributed by atoms with E-state index in [0.717, 1.165) is 5.56 Å². The highest BCUT2D eigenvalue weighted by Gasteiger charge is 2.46. The van der Waals surface area contributed by atoms with E-state index >= 15 is 0 Å². The number of ketones is 1. The Kier molecular flexibility index (Phi) is 8.20. The number of aliphatic hydroxyl groups is 1. The Balaban J connectivity index is 2.21. The molecule has 2 aromatic rings. The summed E-state index contributed by atoms with van der Waals surface area (Å²) in [7, 11) is 1.50. The zero-order chi connectivity index (χ0) is 26.6. The summed E-state index contributed by atoms with van der Waals surface area (Å²) in [5.41, 5.74) is 1.43. The average Bonchev–Trinajstić information content (AvgIpc) is 3.06. The molecule has 1 aliphatic heterocycles. The van der Waals surface area contributed by atoms with E-state index in [1.54, 1.807) is 42.5 Å². The van der Waals surface area contributed by atoms with E-state index in [-0.39, 0.29) is 35.6 Å². The molecule has 1 saturated heterocycles. The van der Waals surface area contributed by atoms with Crippen molar-refractivity contribution in [3.63, 3.8) is 0 Å². The van der Waals surface area contributed by atoms with Crippen LogP contribution in [0.25, 0.3) is 5.76 Å². The van der Waals surface area contributed by atoms with Gasteiger partial charge in [-0.15, -0.1) is 0 Å². The summed E-state index contributed by atoms with van der Waals surface area (Å²) in [6.45, 7) is 10.1. The fourth-order valence-electron chi connectivity index (χ4n) is 4.26. The van der Waals surface area contributed by atoms with Crippen molar-refractivity contribution in [1.29, 1.82) is 0 Å². The molecule has 0 spiro atoms. The number of esters is 1. The third-order valence-electron chi connectivity index (χ3n) is 5.87. The maximum absolute atomic E-state index is 13.2. The van der Waals surface area contributed by atoms with Crippen LogP contribution in [-0.4, -0.2) is 54.5 Å². The van der Waals surface area contributed by atoms with E-state index in [1.807, 2.05) is 27.7 Å². The van der Waals surface area contributed by atoms with Crippen LogP contribution in [0.5, 0.6) is 11.5 Å². The fourth-order valence-corrected chi connectivity index (χ4v) is 4.26. The molecule has 1 unspecified atom stereocenters. The molecule has 1 amide bonds. The molecule has 0 aromatic heterocycles. The zero-order valence-corrected chi connectivity index (χ0v) is 21.6. The number of amides is 1. The number of hydrogen-bond donors (Lipinski definition) is 1. The third-order valence-corrected chi connectivity index (χ3v) is 5.87. The van der Waals surface area contributed by atoms with E-state index in [0.29, 0.717) is 23.5 Å². The molecule has 0 aliphatic carbocycles. The van der Waals surface area contributed by atoms with E-state index in [9.17, 15) is 19.5 Å². The zero-order valence-electron chi connectivity index (χ0n) is 21.6. The molecule has 8 nitrogen and oxygen atoms in total. The van der Waals surface area contributed by atoms with Crippen LogP contribution in [0.1, 0.15) is 57.4 Å². The van der Waals surface area contributed by atoms with Gasteiger partial charge < -0.3 is 24.2 Å². The Morgan fingerprint density at radius 1 is 1.11 bits per heavy atom. The first kappa shape index (κ1) is 26.9. The molecule has 1 N–H and O–H groups in total. The van der Waals surface area contributed by atoms with Gasteiger partial charge in [-0.1, -0.05) is 32.9 Å². The summed E-state index contributed by atoms with van der Waals surface area (Å²) < 4.78 is 16.1. The van der Waals surface area contributed by atoms with Crippen molar-refractivity contribution in [1.82, 2.24) is 4.90 Å². The molecular formula is C28H33NO7. The van der Waals surface area contributed by atoms with E-state index in [2.05, 4.69) is 0 Å². The topological polar surface area (TPSA) is 102 Å². The van der Waals surface area contributed by atoms with Crippen LogP contribution in [-0.2, 0) is 24.5 Å². The van der Waals surface area contributed by atoms with Gasteiger partial charge in [0.2, 0.25) is 0 Å². The number of likely N-dealkylation sites (tertiary alicyclic amines) is 1. The molecule has 1 aliphatic rings. The molecule has 8 heteroatoms. The number of methoxy groups -OCH3 is 1. The summed E-state index contributed by atoms with van der Waals surface area (Å²) in [5.74, 6) is -1.35. The smallest absolute Gasteiger partial charge is 0.308 e. The average molecular weight is 496 g/mol. The SMILES string of the molecule is CCOc1ccc(/C(O)=C2\C(=O)C(=O)N(CCOC)C2c2cccc(OC(C)=O)c2)cc1C(C)(C)C. The molecule has 3 rings (SSSR count). The highest BCUT2D eigenvalue weighted by Crippen LogP contribution is 2.41. The molecule has 1 fully saturated rings. The Bertz CT molecular complexity index is 1190. The Hall–Kier alpha value is -3.65. The van der Waals surface area contributed by atoms with Crippen LogP contribution < -0.4 is 9.47 Å². The predicted octanol–water partition coefficient (Wildman–Crippen LogP) is 4.38. The molecule has 2 aromatic carbocycles. The predicted molar refractivity (Wildman–Crippen MR) is 135 cm³/mol. The lowest BCUT2D eigenvalue weighted by atomic mass is 9.84. The lowest BCUT2D eigenvalue weighted by Gasteiger charge is -2.26. The van der Waals surface area contributed by atoms with E-state index in [1.165, 1.54) is 18.9 Å². The second-order valence-electron chi connectivity index (χ2n) is 9.55. The second kappa shape index (κ2) is 11.0.